The van der Waals surface area contributed by atoms with Crippen molar-refractivity contribution in [1.82, 2.24) is 4.98 Å². The van der Waals surface area contributed by atoms with Crippen LogP contribution in [0.4, 0.5) is 0 Å². The predicted octanol–water partition coefficient (Wildman–Crippen LogP) is 4.52. The van der Waals surface area contributed by atoms with Gasteiger partial charge in [0.2, 0.25) is 10.0 Å². The van der Waals surface area contributed by atoms with Crippen LogP contribution in [0.2, 0.25) is 0 Å². The van der Waals surface area contributed by atoms with Crippen molar-refractivity contribution in [2.24, 2.45) is 5.14 Å². The van der Waals surface area contributed by atoms with Crippen LogP contribution in [0.1, 0.15) is 29.2 Å². The standard InChI is InChI=1S/C19H22N2O3S3/c1-13-9-10-17-15(12-13)21-19(26-17)25-11-5-8-18(27(20,22)23)14-6-3-4-7-16(14)24-2/h3-4,6-7,9-10,12,18H,5,8,11H2,1-2H3,(H2,20,22,23). The van der Waals surface area contributed by atoms with E-state index in [0.29, 0.717) is 24.2 Å². The van der Waals surface area contributed by atoms with Crippen LogP contribution < -0.4 is 9.88 Å². The molecule has 0 spiro atoms. The molecule has 144 valence electrons. The largest absolute Gasteiger partial charge is 0.496 e. The molecule has 1 atom stereocenters. The molecule has 0 bridgehead atoms. The van der Waals surface area contributed by atoms with Crippen LogP contribution in [0.25, 0.3) is 10.2 Å². The number of thiazole rings is 1. The summed E-state index contributed by atoms with van der Waals surface area (Å²) in [6, 6.07) is 13.4. The number of nitrogens with two attached hydrogens (primary N) is 1. The molecule has 8 heteroatoms. The highest BCUT2D eigenvalue weighted by Gasteiger charge is 2.26. The second kappa shape index (κ2) is 8.60. The van der Waals surface area contributed by atoms with Crippen molar-refractivity contribution < 1.29 is 13.2 Å². The Kier molecular flexibility index (Phi) is 6.41. The number of benzene rings is 2. The van der Waals surface area contributed by atoms with Gasteiger partial charge in [0.1, 0.15) is 11.0 Å². The SMILES string of the molecule is COc1ccccc1C(CCCSc1nc2cc(C)ccc2s1)S(N)(=O)=O. The molecule has 27 heavy (non-hydrogen) atoms. The van der Waals surface area contributed by atoms with Gasteiger partial charge in [-0.2, -0.15) is 0 Å². The summed E-state index contributed by atoms with van der Waals surface area (Å²) in [4.78, 5) is 4.64. The number of aromatic nitrogens is 1. The number of aryl methyl sites for hydroxylation is 1. The van der Waals surface area contributed by atoms with Crippen molar-refractivity contribution in [3.05, 3.63) is 53.6 Å². The van der Waals surface area contributed by atoms with E-state index in [2.05, 4.69) is 30.1 Å². The number of para-hydroxylation sites is 1. The molecular weight excluding hydrogens is 400 g/mol. The predicted molar refractivity (Wildman–Crippen MR) is 113 cm³/mol. The van der Waals surface area contributed by atoms with E-state index < -0.39 is 15.3 Å². The first-order valence-corrected chi connectivity index (χ1v) is 11.9. The van der Waals surface area contributed by atoms with Crippen molar-refractivity contribution in [2.45, 2.75) is 29.4 Å². The molecular formula is C19H22N2O3S3. The van der Waals surface area contributed by atoms with Gasteiger partial charge < -0.3 is 4.74 Å². The third-order valence-electron chi connectivity index (χ3n) is 4.24. The maximum atomic E-state index is 12.1. The van der Waals surface area contributed by atoms with Gasteiger partial charge in [0.25, 0.3) is 0 Å². The fourth-order valence-electron chi connectivity index (χ4n) is 2.94. The Labute approximate surface area is 168 Å². The van der Waals surface area contributed by atoms with Gasteiger partial charge in [0.05, 0.1) is 17.3 Å². The zero-order chi connectivity index (χ0) is 19.4. The van der Waals surface area contributed by atoms with Gasteiger partial charge in [-0.15, -0.1) is 11.3 Å². The van der Waals surface area contributed by atoms with E-state index in [-0.39, 0.29) is 0 Å². The molecule has 0 aliphatic carbocycles. The van der Waals surface area contributed by atoms with Crippen LogP contribution >= 0.6 is 23.1 Å². The Morgan fingerprint density at radius 3 is 2.78 bits per heavy atom. The number of methoxy groups -OCH3 is 1. The monoisotopic (exact) mass is 422 g/mol. The molecule has 0 amide bonds. The third kappa shape index (κ3) is 5.01. The molecule has 0 aliphatic heterocycles. The fraction of sp³-hybridized carbons (Fsp3) is 0.316. The van der Waals surface area contributed by atoms with E-state index in [9.17, 15) is 8.42 Å². The molecule has 3 aromatic rings. The maximum Gasteiger partial charge on any atom is 0.216 e. The highest BCUT2D eigenvalue weighted by atomic mass is 32.2. The number of nitrogens with zero attached hydrogens (tertiary/aromatic N) is 1. The molecule has 0 fully saturated rings. The second-order valence-corrected chi connectivity index (χ2v) is 10.4. The van der Waals surface area contributed by atoms with Crippen molar-refractivity contribution in [3.8, 4) is 5.75 Å². The molecule has 2 N–H and O–H groups in total. The summed E-state index contributed by atoms with van der Waals surface area (Å²) in [7, 11) is -2.19. The minimum atomic E-state index is -3.72. The topological polar surface area (TPSA) is 82.3 Å². The summed E-state index contributed by atoms with van der Waals surface area (Å²) in [5.41, 5.74) is 2.82. The van der Waals surface area contributed by atoms with E-state index in [1.165, 1.54) is 17.4 Å². The van der Waals surface area contributed by atoms with Crippen LogP contribution in [0.3, 0.4) is 0 Å². The Balaban J connectivity index is 1.65. The number of primary sulfonamides is 1. The van der Waals surface area contributed by atoms with Crippen LogP contribution in [-0.4, -0.2) is 26.3 Å². The van der Waals surface area contributed by atoms with Crippen molar-refractivity contribution in [3.63, 3.8) is 0 Å². The van der Waals surface area contributed by atoms with Gasteiger partial charge in [0.15, 0.2) is 4.34 Å². The lowest BCUT2D eigenvalue weighted by Gasteiger charge is -2.17. The highest BCUT2D eigenvalue weighted by Crippen LogP contribution is 2.35. The summed E-state index contributed by atoms with van der Waals surface area (Å²) in [6.45, 7) is 2.05. The smallest absolute Gasteiger partial charge is 0.216 e. The van der Waals surface area contributed by atoms with Gasteiger partial charge >= 0.3 is 0 Å². The molecule has 2 aromatic carbocycles. The summed E-state index contributed by atoms with van der Waals surface area (Å²) in [6.07, 6.45) is 1.15. The van der Waals surface area contributed by atoms with E-state index in [0.717, 1.165) is 15.6 Å². The average molecular weight is 423 g/mol. The Morgan fingerprint density at radius 1 is 1.26 bits per heavy atom. The summed E-state index contributed by atoms with van der Waals surface area (Å²) in [5, 5.41) is 4.72. The lowest BCUT2D eigenvalue weighted by molar-refractivity contribution is 0.407. The summed E-state index contributed by atoms with van der Waals surface area (Å²) in [5.74, 6) is 1.32. The number of sulfonamides is 1. The average Bonchev–Trinajstić information content (AvgIpc) is 3.02. The maximum absolute atomic E-state index is 12.1. The van der Waals surface area contributed by atoms with Crippen molar-refractivity contribution >= 4 is 43.3 Å². The normalized spacial score (nSPS) is 13.0. The molecule has 1 heterocycles. The molecule has 0 saturated carbocycles. The van der Waals surface area contributed by atoms with E-state index in [4.69, 9.17) is 9.88 Å². The van der Waals surface area contributed by atoms with Gasteiger partial charge in [-0.25, -0.2) is 18.5 Å². The summed E-state index contributed by atoms with van der Waals surface area (Å²) >= 11 is 3.31. The number of rotatable bonds is 8. The first-order valence-electron chi connectivity index (χ1n) is 8.53. The van der Waals surface area contributed by atoms with Gasteiger partial charge in [0, 0.05) is 11.3 Å². The lowest BCUT2D eigenvalue weighted by Crippen LogP contribution is -2.22. The number of hydrogen-bond acceptors (Lipinski definition) is 6. The minimum Gasteiger partial charge on any atom is -0.496 e. The van der Waals surface area contributed by atoms with Crippen LogP contribution in [0.15, 0.2) is 46.8 Å². The summed E-state index contributed by atoms with van der Waals surface area (Å²) < 4.78 is 31.7. The first kappa shape index (κ1) is 20.1. The zero-order valence-electron chi connectivity index (χ0n) is 15.2. The van der Waals surface area contributed by atoms with E-state index in [1.807, 2.05) is 6.07 Å². The van der Waals surface area contributed by atoms with Crippen LogP contribution in [0.5, 0.6) is 5.75 Å². The van der Waals surface area contributed by atoms with Crippen LogP contribution in [0, 0.1) is 6.92 Å². The molecule has 3 rings (SSSR count). The molecule has 1 unspecified atom stereocenters. The van der Waals surface area contributed by atoms with Gasteiger partial charge in [-0.3, -0.25) is 0 Å². The molecule has 5 nitrogen and oxygen atoms in total. The second-order valence-electron chi connectivity index (χ2n) is 6.26. The van der Waals surface area contributed by atoms with Gasteiger partial charge in [-0.1, -0.05) is 36.0 Å². The van der Waals surface area contributed by atoms with Gasteiger partial charge in [-0.05, 0) is 43.5 Å². The Bertz CT molecular complexity index is 1030. The molecule has 0 aliphatic rings. The lowest BCUT2D eigenvalue weighted by atomic mass is 10.1. The molecule has 0 saturated heterocycles. The Morgan fingerprint density at radius 2 is 2.04 bits per heavy atom. The number of fused-ring (bicyclic) bond motifs is 1. The molecule has 1 aromatic heterocycles. The van der Waals surface area contributed by atoms with E-state index in [1.54, 1.807) is 41.3 Å². The van der Waals surface area contributed by atoms with E-state index >= 15 is 0 Å². The Hall–Kier alpha value is -1.61. The zero-order valence-corrected chi connectivity index (χ0v) is 17.7. The van der Waals surface area contributed by atoms with Crippen LogP contribution in [-0.2, 0) is 10.0 Å². The third-order valence-corrected chi connectivity index (χ3v) is 7.79. The quantitative estimate of drug-likeness (QED) is 0.426. The fourth-order valence-corrected chi connectivity index (χ4v) is 6.06. The number of thioether (sulfide) groups is 1. The molecule has 0 radical (unpaired) electrons. The number of hydrogen-bond donors (Lipinski definition) is 1. The number of ether oxygens (including phenoxy) is 1. The van der Waals surface area contributed by atoms with Crippen molar-refractivity contribution in [2.75, 3.05) is 12.9 Å². The first-order chi connectivity index (χ1) is 12.9. The van der Waals surface area contributed by atoms with Crippen molar-refractivity contribution in [1.29, 1.82) is 0 Å². The minimum absolute atomic E-state index is 0.441. The highest BCUT2D eigenvalue weighted by molar-refractivity contribution is 8.01.